The number of aromatic nitrogens is 3. The average Bonchev–Trinajstić information content (AvgIpc) is 2.70. The number of nitrogens with two attached hydrogens (primary N) is 1. The van der Waals surface area contributed by atoms with Gasteiger partial charge in [0.05, 0.1) is 6.04 Å². The highest BCUT2D eigenvalue weighted by molar-refractivity contribution is 5.45. The molecule has 6 heteroatoms. The van der Waals surface area contributed by atoms with Gasteiger partial charge >= 0.3 is 0 Å². The first-order valence-electron chi connectivity index (χ1n) is 4.19. The van der Waals surface area contributed by atoms with Crippen LogP contribution >= 0.6 is 0 Å². The molecule has 2 aromatic heterocycles. The molecule has 1 atom stereocenters. The van der Waals surface area contributed by atoms with Gasteiger partial charge in [-0.1, -0.05) is 10.3 Å². The van der Waals surface area contributed by atoms with Crippen LogP contribution < -0.4 is 5.73 Å². The Hall–Kier alpha value is -1.69. The van der Waals surface area contributed by atoms with Gasteiger partial charge in [-0.3, -0.25) is 0 Å². The second-order valence-electron chi connectivity index (χ2n) is 3.07. The summed E-state index contributed by atoms with van der Waals surface area (Å²) in [5.41, 5.74) is 6.11. The largest absolute Gasteiger partial charge is 0.361 e. The van der Waals surface area contributed by atoms with E-state index in [1.165, 1.54) is 0 Å². The van der Waals surface area contributed by atoms with Crippen molar-refractivity contribution in [3.63, 3.8) is 0 Å². The van der Waals surface area contributed by atoms with Gasteiger partial charge in [-0.05, 0) is 13.8 Å². The standard InChI is InChI=1S/C8H10N4O2/c1-4-3-6(11-13-4)8-10-7(5(2)9)12-14-8/h3,5H,9H2,1-2H3. The number of hydrogen-bond acceptors (Lipinski definition) is 6. The van der Waals surface area contributed by atoms with Crippen molar-refractivity contribution in [2.24, 2.45) is 5.73 Å². The molecule has 0 radical (unpaired) electrons. The Balaban J connectivity index is 2.33. The van der Waals surface area contributed by atoms with Crippen LogP contribution in [0.2, 0.25) is 0 Å². The topological polar surface area (TPSA) is 91.0 Å². The van der Waals surface area contributed by atoms with Crippen molar-refractivity contribution in [3.05, 3.63) is 17.7 Å². The zero-order valence-corrected chi connectivity index (χ0v) is 7.89. The van der Waals surface area contributed by atoms with Crippen molar-refractivity contribution in [2.45, 2.75) is 19.9 Å². The van der Waals surface area contributed by atoms with Crippen molar-refractivity contribution in [1.82, 2.24) is 15.3 Å². The van der Waals surface area contributed by atoms with Gasteiger partial charge in [0.1, 0.15) is 5.76 Å². The van der Waals surface area contributed by atoms with E-state index in [2.05, 4.69) is 15.3 Å². The van der Waals surface area contributed by atoms with Gasteiger partial charge in [0.2, 0.25) is 0 Å². The van der Waals surface area contributed by atoms with E-state index in [1.54, 1.807) is 19.9 Å². The van der Waals surface area contributed by atoms with E-state index in [4.69, 9.17) is 14.8 Å². The normalized spacial score (nSPS) is 13.1. The lowest BCUT2D eigenvalue weighted by Gasteiger charge is -1.92. The van der Waals surface area contributed by atoms with Gasteiger partial charge in [-0.15, -0.1) is 0 Å². The highest BCUT2D eigenvalue weighted by Gasteiger charge is 2.14. The highest BCUT2D eigenvalue weighted by Crippen LogP contribution is 2.17. The first-order chi connectivity index (χ1) is 6.66. The first-order valence-corrected chi connectivity index (χ1v) is 4.19. The molecule has 0 fully saturated rings. The van der Waals surface area contributed by atoms with E-state index in [1.807, 2.05) is 0 Å². The van der Waals surface area contributed by atoms with Crippen LogP contribution in [-0.2, 0) is 0 Å². The first kappa shape index (κ1) is 8.89. The molecule has 0 aliphatic heterocycles. The Kier molecular flexibility index (Phi) is 2.05. The van der Waals surface area contributed by atoms with Gasteiger partial charge in [0, 0.05) is 6.07 Å². The van der Waals surface area contributed by atoms with Gasteiger partial charge in [0.15, 0.2) is 11.5 Å². The zero-order chi connectivity index (χ0) is 10.1. The monoisotopic (exact) mass is 194 g/mol. The van der Waals surface area contributed by atoms with Crippen molar-refractivity contribution in [2.75, 3.05) is 0 Å². The third-order valence-electron chi connectivity index (χ3n) is 1.70. The van der Waals surface area contributed by atoms with Crippen LogP contribution in [0.5, 0.6) is 0 Å². The van der Waals surface area contributed by atoms with Crippen molar-refractivity contribution >= 4 is 0 Å². The predicted molar refractivity (Wildman–Crippen MR) is 47.1 cm³/mol. The number of nitrogens with zero attached hydrogens (tertiary/aromatic N) is 3. The molecule has 0 aliphatic rings. The van der Waals surface area contributed by atoms with Crippen molar-refractivity contribution in [1.29, 1.82) is 0 Å². The van der Waals surface area contributed by atoms with Crippen molar-refractivity contribution in [3.8, 4) is 11.6 Å². The molecule has 2 aromatic rings. The molecular formula is C8H10N4O2. The summed E-state index contributed by atoms with van der Waals surface area (Å²) in [7, 11) is 0. The second-order valence-corrected chi connectivity index (χ2v) is 3.07. The maximum Gasteiger partial charge on any atom is 0.280 e. The Morgan fingerprint density at radius 2 is 2.14 bits per heavy atom. The fourth-order valence-corrected chi connectivity index (χ4v) is 0.991. The van der Waals surface area contributed by atoms with Gasteiger partial charge in [0.25, 0.3) is 5.89 Å². The predicted octanol–water partition coefficient (Wildman–Crippen LogP) is 1.05. The summed E-state index contributed by atoms with van der Waals surface area (Å²) in [6, 6.07) is 1.47. The summed E-state index contributed by atoms with van der Waals surface area (Å²) in [5.74, 6) is 1.48. The van der Waals surface area contributed by atoms with Gasteiger partial charge in [-0.25, -0.2) is 0 Å². The summed E-state index contributed by atoms with van der Waals surface area (Å²) < 4.78 is 9.84. The summed E-state index contributed by atoms with van der Waals surface area (Å²) in [5, 5.41) is 7.46. The van der Waals surface area contributed by atoms with Gasteiger partial charge < -0.3 is 14.8 Å². The Bertz CT molecular complexity index is 432. The van der Waals surface area contributed by atoms with E-state index >= 15 is 0 Å². The van der Waals surface area contributed by atoms with Crippen LogP contribution in [0.25, 0.3) is 11.6 Å². The fraction of sp³-hybridized carbons (Fsp3) is 0.375. The second kappa shape index (κ2) is 3.22. The summed E-state index contributed by atoms with van der Waals surface area (Å²) >= 11 is 0. The Morgan fingerprint density at radius 1 is 1.36 bits per heavy atom. The lowest BCUT2D eigenvalue weighted by Crippen LogP contribution is -2.06. The smallest absolute Gasteiger partial charge is 0.280 e. The molecule has 0 spiro atoms. The SMILES string of the molecule is Cc1cc(-c2nc(C(C)N)no2)no1. The third kappa shape index (κ3) is 1.51. The average molecular weight is 194 g/mol. The lowest BCUT2D eigenvalue weighted by molar-refractivity contribution is 0.388. The molecule has 0 saturated heterocycles. The molecule has 2 N–H and O–H groups in total. The number of rotatable bonds is 2. The van der Waals surface area contributed by atoms with E-state index in [-0.39, 0.29) is 6.04 Å². The Labute approximate surface area is 80.1 Å². The molecule has 0 bridgehead atoms. The summed E-state index contributed by atoms with van der Waals surface area (Å²) in [6.07, 6.45) is 0. The van der Waals surface area contributed by atoms with Crippen LogP contribution in [0, 0.1) is 6.92 Å². The molecule has 74 valence electrons. The minimum atomic E-state index is -0.250. The van der Waals surface area contributed by atoms with Crippen LogP contribution in [0.3, 0.4) is 0 Å². The maximum absolute atomic E-state index is 5.58. The molecule has 14 heavy (non-hydrogen) atoms. The molecule has 1 unspecified atom stereocenters. The Morgan fingerprint density at radius 3 is 2.64 bits per heavy atom. The molecule has 0 amide bonds. The molecule has 0 saturated carbocycles. The molecule has 2 rings (SSSR count). The van der Waals surface area contributed by atoms with Crippen LogP contribution in [0.15, 0.2) is 15.1 Å². The van der Waals surface area contributed by atoms with Gasteiger partial charge in [-0.2, -0.15) is 4.98 Å². The number of aryl methyl sites for hydroxylation is 1. The minimum absolute atomic E-state index is 0.250. The van der Waals surface area contributed by atoms with Crippen LogP contribution in [0.1, 0.15) is 24.6 Å². The number of hydrogen-bond donors (Lipinski definition) is 1. The third-order valence-corrected chi connectivity index (χ3v) is 1.70. The summed E-state index contributed by atoms with van der Waals surface area (Å²) in [4.78, 5) is 4.07. The van der Waals surface area contributed by atoms with E-state index in [0.717, 1.165) is 0 Å². The molecule has 0 aliphatic carbocycles. The molecule has 0 aromatic carbocycles. The van der Waals surface area contributed by atoms with Crippen molar-refractivity contribution < 1.29 is 9.05 Å². The molecule has 2 heterocycles. The lowest BCUT2D eigenvalue weighted by atomic mass is 10.3. The molecular weight excluding hydrogens is 184 g/mol. The minimum Gasteiger partial charge on any atom is -0.361 e. The quantitative estimate of drug-likeness (QED) is 0.768. The maximum atomic E-state index is 5.58. The zero-order valence-electron chi connectivity index (χ0n) is 7.89. The molecule has 6 nitrogen and oxygen atoms in total. The summed E-state index contributed by atoms with van der Waals surface area (Å²) in [6.45, 7) is 3.57. The van der Waals surface area contributed by atoms with Crippen LogP contribution in [0.4, 0.5) is 0 Å². The van der Waals surface area contributed by atoms with E-state index < -0.39 is 0 Å². The fourth-order valence-electron chi connectivity index (χ4n) is 0.991. The van der Waals surface area contributed by atoms with Crippen LogP contribution in [-0.4, -0.2) is 15.3 Å². The van der Waals surface area contributed by atoms with E-state index in [9.17, 15) is 0 Å². The highest BCUT2D eigenvalue weighted by atomic mass is 16.5. The van der Waals surface area contributed by atoms with E-state index in [0.29, 0.717) is 23.2 Å².